The van der Waals surface area contributed by atoms with Gasteiger partial charge in [0.2, 0.25) is 0 Å². The van der Waals surface area contributed by atoms with Gasteiger partial charge in [0.25, 0.3) is 0 Å². The zero-order valence-corrected chi connectivity index (χ0v) is 16.4. The van der Waals surface area contributed by atoms with Crippen molar-refractivity contribution in [3.63, 3.8) is 0 Å². The first-order chi connectivity index (χ1) is 13.2. The van der Waals surface area contributed by atoms with Crippen LogP contribution >= 0.6 is 0 Å². The van der Waals surface area contributed by atoms with E-state index in [4.69, 9.17) is 14.2 Å². The summed E-state index contributed by atoms with van der Waals surface area (Å²) in [6.07, 6.45) is 1.78. The molecule has 2 aromatic carbocycles. The van der Waals surface area contributed by atoms with Crippen LogP contribution in [-0.4, -0.2) is 47.4 Å². The predicted octanol–water partition coefficient (Wildman–Crippen LogP) is 2.89. The lowest BCUT2D eigenvalue weighted by molar-refractivity contribution is 0.368. The number of nitrogens with one attached hydrogen (secondary N) is 1. The Labute approximate surface area is 160 Å². The van der Waals surface area contributed by atoms with Crippen LogP contribution in [0.15, 0.2) is 41.4 Å². The Bertz CT molecular complexity index is 795. The lowest BCUT2D eigenvalue weighted by Crippen LogP contribution is -2.41. The fourth-order valence-corrected chi connectivity index (χ4v) is 3.48. The normalized spacial score (nSPS) is 13.3. The second-order valence-corrected chi connectivity index (χ2v) is 6.26. The molecule has 1 aliphatic heterocycles. The molecule has 0 saturated carbocycles. The van der Waals surface area contributed by atoms with Gasteiger partial charge in [-0.3, -0.25) is 4.99 Å². The number of methoxy groups -OCH3 is 3. The van der Waals surface area contributed by atoms with E-state index in [1.165, 1.54) is 11.3 Å². The maximum atomic E-state index is 5.53. The van der Waals surface area contributed by atoms with Gasteiger partial charge in [-0.2, -0.15) is 0 Å². The van der Waals surface area contributed by atoms with Crippen LogP contribution in [0.25, 0.3) is 0 Å². The number of ether oxygens (including phenoxy) is 3. The molecule has 1 N–H and O–H groups in total. The lowest BCUT2D eigenvalue weighted by atomic mass is 10.1. The summed E-state index contributed by atoms with van der Waals surface area (Å²) in [6.45, 7) is 1.65. The van der Waals surface area contributed by atoms with E-state index >= 15 is 0 Å². The fraction of sp³-hybridized carbons (Fsp3) is 0.381. The number of hydrogen-bond acceptors (Lipinski definition) is 4. The summed E-state index contributed by atoms with van der Waals surface area (Å²) in [5, 5.41) is 3.47. The van der Waals surface area contributed by atoms with E-state index in [2.05, 4.69) is 39.5 Å². The molecular weight excluding hydrogens is 342 g/mol. The molecule has 0 amide bonds. The third-order valence-electron chi connectivity index (χ3n) is 4.83. The third kappa shape index (κ3) is 3.94. The van der Waals surface area contributed by atoms with E-state index in [1.54, 1.807) is 21.3 Å². The van der Waals surface area contributed by atoms with Crippen LogP contribution in [-0.2, 0) is 12.8 Å². The molecule has 0 radical (unpaired) electrons. The standard InChI is InChI=1S/C21H27N3O3/c1-22-21(24-12-10-15-7-5-6-8-18(15)24)23-11-9-17-19(26-3)13-16(25-2)14-20(17)27-4/h5-8,13-14H,9-12H2,1-4H3,(H,22,23). The van der Waals surface area contributed by atoms with Gasteiger partial charge in [0, 0.05) is 43.5 Å². The SMILES string of the molecule is CN=C(NCCc1c(OC)cc(OC)cc1OC)N1CCc2ccccc21. The van der Waals surface area contributed by atoms with Gasteiger partial charge < -0.3 is 24.4 Å². The average molecular weight is 369 g/mol. The molecule has 27 heavy (non-hydrogen) atoms. The summed E-state index contributed by atoms with van der Waals surface area (Å²) in [5.74, 6) is 3.11. The summed E-state index contributed by atoms with van der Waals surface area (Å²) in [6, 6.07) is 12.2. The lowest BCUT2D eigenvalue weighted by Gasteiger charge is -2.23. The zero-order chi connectivity index (χ0) is 19.2. The highest BCUT2D eigenvalue weighted by Crippen LogP contribution is 2.34. The minimum atomic E-state index is 0.713. The van der Waals surface area contributed by atoms with Crippen LogP contribution in [0.3, 0.4) is 0 Å². The minimum Gasteiger partial charge on any atom is -0.496 e. The molecule has 0 fully saturated rings. The minimum absolute atomic E-state index is 0.713. The number of para-hydroxylation sites is 1. The van der Waals surface area contributed by atoms with E-state index in [1.807, 2.05) is 19.2 Å². The molecule has 2 aromatic rings. The van der Waals surface area contributed by atoms with Gasteiger partial charge in [-0.05, 0) is 24.5 Å². The third-order valence-corrected chi connectivity index (χ3v) is 4.83. The molecule has 0 aromatic heterocycles. The van der Waals surface area contributed by atoms with Crippen LogP contribution < -0.4 is 24.4 Å². The van der Waals surface area contributed by atoms with Gasteiger partial charge in [-0.15, -0.1) is 0 Å². The van der Waals surface area contributed by atoms with Gasteiger partial charge in [0.1, 0.15) is 17.2 Å². The molecule has 6 heteroatoms. The molecule has 0 unspecified atom stereocenters. The van der Waals surface area contributed by atoms with Crippen LogP contribution in [0.4, 0.5) is 5.69 Å². The van der Waals surface area contributed by atoms with Crippen molar-refractivity contribution in [2.75, 3.05) is 46.4 Å². The number of aliphatic imine (C=N–C) groups is 1. The Morgan fingerprint density at radius 3 is 2.41 bits per heavy atom. The number of nitrogens with zero attached hydrogens (tertiary/aromatic N) is 2. The summed E-state index contributed by atoms with van der Waals surface area (Å²) >= 11 is 0. The number of anilines is 1. The Morgan fingerprint density at radius 1 is 1.07 bits per heavy atom. The molecule has 0 saturated heterocycles. The second kappa shape index (κ2) is 8.66. The maximum absolute atomic E-state index is 5.53. The highest BCUT2D eigenvalue weighted by atomic mass is 16.5. The van der Waals surface area contributed by atoms with Crippen molar-refractivity contribution < 1.29 is 14.2 Å². The maximum Gasteiger partial charge on any atom is 0.198 e. The summed E-state index contributed by atoms with van der Waals surface area (Å²) in [4.78, 5) is 6.70. The molecular formula is C21H27N3O3. The van der Waals surface area contributed by atoms with Crippen molar-refractivity contribution in [1.29, 1.82) is 0 Å². The molecule has 0 aliphatic carbocycles. The molecule has 6 nitrogen and oxygen atoms in total. The quantitative estimate of drug-likeness (QED) is 0.627. The largest absolute Gasteiger partial charge is 0.496 e. The van der Waals surface area contributed by atoms with Crippen LogP contribution in [0.1, 0.15) is 11.1 Å². The van der Waals surface area contributed by atoms with Crippen molar-refractivity contribution in [2.24, 2.45) is 4.99 Å². The second-order valence-electron chi connectivity index (χ2n) is 6.26. The first kappa shape index (κ1) is 18.9. The van der Waals surface area contributed by atoms with Crippen LogP contribution in [0.2, 0.25) is 0 Å². The number of fused-ring (bicyclic) bond motifs is 1. The predicted molar refractivity (Wildman–Crippen MR) is 109 cm³/mol. The Kier molecular flexibility index (Phi) is 6.06. The van der Waals surface area contributed by atoms with E-state index in [0.717, 1.165) is 42.4 Å². The van der Waals surface area contributed by atoms with E-state index in [-0.39, 0.29) is 0 Å². The topological polar surface area (TPSA) is 55.3 Å². The van der Waals surface area contributed by atoms with Crippen molar-refractivity contribution in [3.05, 3.63) is 47.5 Å². The monoisotopic (exact) mass is 369 g/mol. The van der Waals surface area contributed by atoms with Gasteiger partial charge >= 0.3 is 0 Å². The number of hydrogen-bond donors (Lipinski definition) is 1. The highest BCUT2D eigenvalue weighted by Gasteiger charge is 2.22. The zero-order valence-electron chi connectivity index (χ0n) is 16.4. The van der Waals surface area contributed by atoms with Gasteiger partial charge in [-0.25, -0.2) is 0 Å². The number of guanidine groups is 1. The van der Waals surface area contributed by atoms with Gasteiger partial charge in [0.05, 0.1) is 21.3 Å². The molecule has 0 spiro atoms. The Balaban J connectivity index is 1.71. The first-order valence-corrected chi connectivity index (χ1v) is 9.06. The molecule has 1 heterocycles. The molecule has 144 valence electrons. The van der Waals surface area contributed by atoms with Crippen molar-refractivity contribution in [2.45, 2.75) is 12.8 Å². The van der Waals surface area contributed by atoms with Crippen LogP contribution in [0.5, 0.6) is 17.2 Å². The Hall–Kier alpha value is -2.89. The molecule has 1 aliphatic rings. The number of rotatable bonds is 6. The van der Waals surface area contributed by atoms with E-state index < -0.39 is 0 Å². The fourth-order valence-electron chi connectivity index (χ4n) is 3.48. The Morgan fingerprint density at radius 2 is 1.78 bits per heavy atom. The molecule has 0 bridgehead atoms. The van der Waals surface area contributed by atoms with Gasteiger partial charge in [0.15, 0.2) is 5.96 Å². The smallest absolute Gasteiger partial charge is 0.198 e. The van der Waals surface area contributed by atoms with Gasteiger partial charge in [-0.1, -0.05) is 18.2 Å². The number of benzene rings is 2. The van der Waals surface area contributed by atoms with Crippen molar-refractivity contribution in [3.8, 4) is 17.2 Å². The van der Waals surface area contributed by atoms with E-state index in [9.17, 15) is 0 Å². The van der Waals surface area contributed by atoms with E-state index in [0.29, 0.717) is 12.3 Å². The molecule has 0 atom stereocenters. The molecule has 3 rings (SSSR count). The summed E-state index contributed by atoms with van der Waals surface area (Å²) < 4.78 is 16.4. The van der Waals surface area contributed by atoms with Crippen molar-refractivity contribution in [1.82, 2.24) is 5.32 Å². The highest BCUT2D eigenvalue weighted by molar-refractivity contribution is 5.97. The van der Waals surface area contributed by atoms with Crippen molar-refractivity contribution >= 4 is 11.6 Å². The average Bonchev–Trinajstić information content (AvgIpc) is 3.14. The summed E-state index contributed by atoms with van der Waals surface area (Å²) in [7, 11) is 6.77. The van der Waals surface area contributed by atoms with Crippen LogP contribution in [0, 0.1) is 0 Å². The first-order valence-electron chi connectivity index (χ1n) is 9.06. The summed E-state index contributed by atoms with van der Waals surface area (Å²) in [5.41, 5.74) is 3.59.